The van der Waals surface area contributed by atoms with Gasteiger partial charge in [-0.05, 0) is 48.8 Å². The summed E-state index contributed by atoms with van der Waals surface area (Å²) in [6.07, 6.45) is 4.74. The molecule has 1 aromatic heterocycles. The molecule has 7 nitrogen and oxygen atoms in total. The van der Waals surface area contributed by atoms with E-state index in [1.807, 2.05) is 6.07 Å². The number of benzene rings is 1. The molecule has 2 rings (SSSR count). The van der Waals surface area contributed by atoms with Gasteiger partial charge in [0.1, 0.15) is 0 Å². The fourth-order valence-corrected chi connectivity index (χ4v) is 2.49. The summed E-state index contributed by atoms with van der Waals surface area (Å²) in [4.78, 5) is 26.0. The molecule has 3 N–H and O–H groups in total. The lowest BCUT2D eigenvalue weighted by atomic mass is 10.0. The number of nitrogens with zero attached hydrogens (tertiary/aromatic N) is 1. The van der Waals surface area contributed by atoms with Crippen molar-refractivity contribution in [2.45, 2.75) is 25.7 Å². The molecule has 1 heterocycles. The number of carbonyl (C=O) groups excluding carboxylic acids is 2. The van der Waals surface area contributed by atoms with Crippen LogP contribution in [0.15, 0.2) is 30.5 Å². The zero-order chi connectivity index (χ0) is 18.1. The van der Waals surface area contributed by atoms with Gasteiger partial charge in [0, 0.05) is 11.6 Å². The van der Waals surface area contributed by atoms with Crippen LogP contribution in [0.5, 0.6) is 5.88 Å². The van der Waals surface area contributed by atoms with Gasteiger partial charge in [-0.2, -0.15) is 0 Å². The minimum atomic E-state index is -0.618. The first kappa shape index (κ1) is 18.5. The van der Waals surface area contributed by atoms with E-state index < -0.39 is 12.0 Å². The molecule has 2 amide bonds. The number of fused-ring (bicyclic) bond motifs is 1. The maximum Gasteiger partial charge on any atom is 0.407 e. The van der Waals surface area contributed by atoms with Gasteiger partial charge in [-0.1, -0.05) is 12.1 Å². The molecule has 0 aliphatic heterocycles. The predicted octanol–water partition coefficient (Wildman–Crippen LogP) is 2.17. The molecular weight excluding hydrogens is 322 g/mol. The molecule has 0 bridgehead atoms. The molecule has 2 aromatic rings. The molecule has 0 saturated carbocycles. The van der Waals surface area contributed by atoms with E-state index >= 15 is 0 Å². The van der Waals surface area contributed by atoms with E-state index in [-0.39, 0.29) is 6.54 Å². The van der Waals surface area contributed by atoms with E-state index in [1.165, 1.54) is 5.56 Å². The summed E-state index contributed by atoms with van der Waals surface area (Å²) in [5, 5.41) is 4.39. The number of ether oxygens (including phenoxy) is 2. The van der Waals surface area contributed by atoms with Gasteiger partial charge in [0.25, 0.3) is 0 Å². The second-order valence-electron chi connectivity index (χ2n) is 5.64. The Labute approximate surface area is 146 Å². The lowest BCUT2D eigenvalue weighted by Gasteiger charge is -2.07. The van der Waals surface area contributed by atoms with Crippen molar-refractivity contribution >= 4 is 22.8 Å². The molecule has 0 fully saturated rings. The Morgan fingerprint density at radius 2 is 2.04 bits per heavy atom. The molecule has 134 valence electrons. The fraction of sp³-hybridized carbons (Fsp3) is 0.389. The van der Waals surface area contributed by atoms with Crippen LogP contribution in [0.1, 0.15) is 24.8 Å². The Morgan fingerprint density at radius 1 is 1.20 bits per heavy atom. The molecule has 0 atom stereocenters. The van der Waals surface area contributed by atoms with Crippen molar-refractivity contribution in [2.24, 2.45) is 5.73 Å². The second kappa shape index (κ2) is 9.46. The lowest BCUT2D eigenvalue weighted by molar-refractivity contribution is -0.117. The van der Waals surface area contributed by atoms with E-state index in [0.29, 0.717) is 12.5 Å². The highest BCUT2D eigenvalue weighted by atomic mass is 16.5. The van der Waals surface area contributed by atoms with Crippen LogP contribution < -0.4 is 15.8 Å². The predicted molar refractivity (Wildman–Crippen MR) is 94.4 cm³/mol. The Balaban J connectivity index is 1.71. The Morgan fingerprint density at radius 3 is 2.80 bits per heavy atom. The van der Waals surface area contributed by atoms with Crippen molar-refractivity contribution in [2.75, 3.05) is 20.3 Å². The number of alkyl carbamates (subject to hydrolysis) is 1. The van der Waals surface area contributed by atoms with Gasteiger partial charge >= 0.3 is 6.09 Å². The smallest absolute Gasteiger partial charge is 0.407 e. The average Bonchev–Trinajstić information content (AvgIpc) is 2.62. The summed E-state index contributed by atoms with van der Waals surface area (Å²) in [5.74, 6) is 0.0360. The summed E-state index contributed by atoms with van der Waals surface area (Å²) >= 11 is 0. The Bertz CT molecular complexity index is 733. The van der Waals surface area contributed by atoms with E-state index in [0.717, 1.165) is 36.5 Å². The number of aromatic nitrogens is 1. The zero-order valence-electron chi connectivity index (χ0n) is 14.3. The van der Waals surface area contributed by atoms with Gasteiger partial charge in [-0.3, -0.25) is 4.79 Å². The molecule has 0 saturated heterocycles. The van der Waals surface area contributed by atoms with E-state index in [4.69, 9.17) is 15.2 Å². The number of aryl methyl sites for hydroxylation is 1. The zero-order valence-corrected chi connectivity index (χ0v) is 14.3. The van der Waals surface area contributed by atoms with Crippen LogP contribution in [0, 0.1) is 0 Å². The largest absolute Gasteiger partial charge is 0.481 e. The quantitative estimate of drug-likeness (QED) is 0.678. The van der Waals surface area contributed by atoms with Crippen molar-refractivity contribution < 1.29 is 19.1 Å². The van der Waals surface area contributed by atoms with Gasteiger partial charge in [-0.25, -0.2) is 9.78 Å². The normalized spacial score (nSPS) is 10.4. The molecule has 0 radical (unpaired) electrons. The topological polar surface area (TPSA) is 104 Å². The second-order valence-corrected chi connectivity index (χ2v) is 5.64. The van der Waals surface area contributed by atoms with Crippen LogP contribution >= 0.6 is 0 Å². The van der Waals surface area contributed by atoms with Crippen LogP contribution in [-0.2, 0) is 16.0 Å². The number of hydrogen-bond acceptors (Lipinski definition) is 5. The SMILES string of the molecule is COc1nccc2ccc(CCCCCOC(=O)NCC(N)=O)cc12. The number of methoxy groups -OCH3 is 1. The van der Waals surface area contributed by atoms with Crippen molar-refractivity contribution in [3.05, 3.63) is 36.0 Å². The monoisotopic (exact) mass is 345 g/mol. The number of unbranched alkanes of at least 4 members (excludes halogenated alkanes) is 2. The van der Waals surface area contributed by atoms with Gasteiger partial charge in [0.15, 0.2) is 0 Å². The van der Waals surface area contributed by atoms with Gasteiger partial charge in [0.2, 0.25) is 11.8 Å². The lowest BCUT2D eigenvalue weighted by Crippen LogP contribution is -2.33. The first-order valence-corrected chi connectivity index (χ1v) is 8.20. The number of hydrogen-bond donors (Lipinski definition) is 2. The Hall–Kier alpha value is -2.83. The number of nitrogens with one attached hydrogen (secondary N) is 1. The highest BCUT2D eigenvalue weighted by molar-refractivity contribution is 5.87. The van der Waals surface area contributed by atoms with E-state index in [1.54, 1.807) is 13.3 Å². The van der Waals surface area contributed by atoms with Crippen molar-refractivity contribution in [3.8, 4) is 5.88 Å². The molecule has 25 heavy (non-hydrogen) atoms. The first-order chi connectivity index (χ1) is 12.1. The number of pyridine rings is 1. The number of carbonyl (C=O) groups is 2. The first-order valence-electron chi connectivity index (χ1n) is 8.20. The molecule has 0 spiro atoms. The summed E-state index contributed by atoms with van der Waals surface area (Å²) in [5.41, 5.74) is 6.14. The van der Waals surface area contributed by atoms with Crippen LogP contribution in [0.25, 0.3) is 10.8 Å². The summed E-state index contributed by atoms with van der Waals surface area (Å²) in [6, 6.07) is 8.24. The van der Waals surface area contributed by atoms with Gasteiger partial charge < -0.3 is 20.5 Å². The van der Waals surface area contributed by atoms with E-state index in [9.17, 15) is 9.59 Å². The number of amides is 2. The summed E-state index contributed by atoms with van der Waals surface area (Å²) < 4.78 is 10.3. The maximum atomic E-state index is 11.2. The highest BCUT2D eigenvalue weighted by Gasteiger charge is 2.05. The van der Waals surface area contributed by atoms with Crippen LogP contribution in [0.3, 0.4) is 0 Å². The maximum absolute atomic E-state index is 11.2. The molecule has 0 unspecified atom stereocenters. The highest BCUT2D eigenvalue weighted by Crippen LogP contribution is 2.24. The third kappa shape index (κ3) is 5.95. The third-order valence-electron chi connectivity index (χ3n) is 3.74. The molecule has 1 aromatic carbocycles. The minimum absolute atomic E-state index is 0.209. The minimum Gasteiger partial charge on any atom is -0.481 e. The summed E-state index contributed by atoms with van der Waals surface area (Å²) in [6.45, 7) is 0.110. The summed E-state index contributed by atoms with van der Waals surface area (Å²) in [7, 11) is 1.62. The molecule has 0 aliphatic carbocycles. The standard InChI is InChI=1S/C18H23N3O4/c1-24-17-15-11-13(6-7-14(15)8-9-20-17)5-3-2-4-10-25-18(23)21-12-16(19)22/h6-9,11H,2-5,10,12H2,1H3,(H2,19,22)(H,21,23). The number of rotatable bonds is 9. The fourth-order valence-electron chi connectivity index (χ4n) is 2.49. The van der Waals surface area contributed by atoms with Gasteiger partial charge in [0.05, 0.1) is 20.3 Å². The van der Waals surface area contributed by atoms with Crippen LogP contribution in [0.4, 0.5) is 4.79 Å². The number of nitrogens with two attached hydrogens (primary N) is 1. The van der Waals surface area contributed by atoms with Crippen molar-refractivity contribution in [3.63, 3.8) is 0 Å². The van der Waals surface area contributed by atoms with Crippen LogP contribution in [-0.4, -0.2) is 37.2 Å². The number of primary amides is 1. The average molecular weight is 345 g/mol. The molecule has 7 heteroatoms. The van der Waals surface area contributed by atoms with Crippen molar-refractivity contribution in [1.29, 1.82) is 0 Å². The third-order valence-corrected chi connectivity index (χ3v) is 3.74. The Kier molecular flexibility index (Phi) is 7.00. The van der Waals surface area contributed by atoms with Crippen molar-refractivity contribution in [1.82, 2.24) is 10.3 Å². The molecule has 0 aliphatic rings. The van der Waals surface area contributed by atoms with E-state index in [2.05, 4.69) is 28.5 Å². The van der Waals surface area contributed by atoms with Gasteiger partial charge in [-0.15, -0.1) is 0 Å². The van der Waals surface area contributed by atoms with Crippen LogP contribution in [0.2, 0.25) is 0 Å². The molecular formula is C18H23N3O4.